The maximum Gasteiger partial charge on any atom is 0.416 e. The first-order valence-electron chi connectivity index (χ1n) is 6.66. The Morgan fingerprint density at radius 2 is 1.88 bits per heavy atom. The van der Waals surface area contributed by atoms with Crippen molar-refractivity contribution in [3.63, 3.8) is 0 Å². The van der Waals surface area contributed by atoms with Crippen LogP contribution in [0.3, 0.4) is 0 Å². The van der Waals surface area contributed by atoms with Crippen LogP contribution in [-0.2, 0) is 6.18 Å². The average Bonchev–Trinajstić information content (AvgIpc) is 2.54. The smallest absolute Gasteiger partial charge is 0.330 e. The fourth-order valence-electron chi connectivity index (χ4n) is 1.74. The Balaban J connectivity index is 2.07. The van der Waals surface area contributed by atoms with E-state index >= 15 is 0 Å². The number of hydrazone groups is 1. The summed E-state index contributed by atoms with van der Waals surface area (Å²) in [5.41, 5.74) is 3.25. The third-order valence-electron chi connectivity index (χ3n) is 2.97. The van der Waals surface area contributed by atoms with E-state index in [0.717, 1.165) is 23.8 Å². The van der Waals surface area contributed by atoms with Gasteiger partial charge in [0.15, 0.2) is 5.11 Å². The molecule has 126 valence electrons. The minimum absolute atomic E-state index is 0.0182. The molecule has 0 aliphatic rings. The summed E-state index contributed by atoms with van der Waals surface area (Å²) in [5.74, 6) is 0. The van der Waals surface area contributed by atoms with Crippen molar-refractivity contribution in [3.05, 3.63) is 58.9 Å². The number of pyridine rings is 1. The molecule has 2 N–H and O–H groups in total. The lowest BCUT2D eigenvalue weighted by Gasteiger charge is -2.13. The van der Waals surface area contributed by atoms with Gasteiger partial charge in [-0.05, 0) is 49.5 Å². The first-order valence-corrected chi connectivity index (χ1v) is 7.44. The summed E-state index contributed by atoms with van der Waals surface area (Å²) in [6.45, 7) is 1.75. The first kappa shape index (κ1) is 18.2. The van der Waals surface area contributed by atoms with E-state index in [0.29, 0.717) is 5.71 Å². The van der Waals surface area contributed by atoms with Crippen molar-refractivity contribution in [3.8, 4) is 0 Å². The van der Waals surface area contributed by atoms with E-state index in [-0.39, 0.29) is 15.8 Å². The van der Waals surface area contributed by atoms with Crippen LogP contribution >= 0.6 is 23.8 Å². The number of rotatable bonds is 3. The summed E-state index contributed by atoms with van der Waals surface area (Å²) in [6.07, 6.45) is -1.23. The minimum Gasteiger partial charge on any atom is -0.330 e. The predicted octanol–water partition coefficient (Wildman–Crippen LogP) is 4.46. The molecule has 0 aliphatic carbocycles. The van der Waals surface area contributed by atoms with Gasteiger partial charge in [-0.2, -0.15) is 18.3 Å². The van der Waals surface area contributed by atoms with Gasteiger partial charge < -0.3 is 5.32 Å². The molecule has 0 spiro atoms. The Hall–Kier alpha value is -2.19. The number of nitrogens with one attached hydrogen (secondary N) is 2. The zero-order valence-corrected chi connectivity index (χ0v) is 13.9. The van der Waals surface area contributed by atoms with Gasteiger partial charge in [0, 0.05) is 18.0 Å². The van der Waals surface area contributed by atoms with Crippen molar-refractivity contribution < 1.29 is 13.2 Å². The molecule has 1 aromatic heterocycles. The van der Waals surface area contributed by atoms with E-state index in [4.69, 9.17) is 23.8 Å². The molecule has 0 fully saturated rings. The van der Waals surface area contributed by atoms with Crippen molar-refractivity contribution in [2.75, 3.05) is 5.32 Å². The van der Waals surface area contributed by atoms with Crippen LogP contribution in [0.4, 0.5) is 18.9 Å². The van der Waals surface area contributed by atoms with Crippen LogP contribution < -0.4 is 10.7 Å². The van der Waals surface area contributed by atoms with Crippen molar-refractivity contribution in [1.82, 2.24) is 10.4 Å². The number of nitrogens with zero attached hydrogens (tertiary/aromatic N) is 2. The number of benzene rings is 1. The van der Waals surface area contributed by atoms with Gasteiger partial charge >= 0.3 is 6.18 Å². The van der Waals surface area contributed by atoms with E-state index in [9.17, 15) is 13.2 Å². The number of hydrogen-bond acceptors (Lipinski definition) is 3. The maximum atomic E-state index is 12.7. The number of aromatic nitrogens is 1. The molecule has 2 rings (SSSR count). The summed E-state index contributed by atoms with van der Waals surface area (Å²) < 4.78 is 38.2. The first-order chi connectivity index (χ1) is 11.3. The number of thiocarbonyl (C=S) groups is 1. The molecular weight excluding hydrogens is 361 g/mol. The second-order valence-corrected chi connectivity index (χ2v) is 5.51. The van der Waals surface area contributed by atoms with Gasteiger partial charge in [0.1, 0.15) is 0 Å². The van der Waals surface area contributed by atoms with Gasteiger partial charge in [0.2, 0.25) is 0 Å². The van der Waals surface area contributed by atoms with Gasteiger partial charge in [0.05, 0.1) is 22.0 Å². The molecule has 0 aliphatic heterocycles. The van der Waals surface area contributed by atoms with E-state index < -0.39 is 11.7 Å². The maximum absolute atomic E-state index is 12.7. The molecule has 0 saturated heterocycles. The summed E-state index contributed by atoms with van der Waals surface area (Å²) >= 11 is 10.9. The molecule has 24 heavy (non-hydrogen) atoms. The molecule has 0 unspecified atom stereocenters. The van der Waals surface area contributed by atoms with Crippen LogP contribution in [0.5, 0.6) is 0 Å². The topological polar surface area (TPSA) is 49.3 Å². The molecule has 9 heteroatoms. The highest BCUT2D eigenvalue weighted by Gasteiger charge is 2.31. The Morgan fingerprint density at radius 3 is 2.50 bits per heavy atom. The molecule has 4 nitrogen and oxygen atoms in total. The summed E-state index contributed by atoms with van der Waals surface area (Å²) in [6, 6.07) is 6.47. The normalized spacial score (nSPS) is 12.0. The molecule has 0 saturated carbocycles. The highest BCUT2D eigenvalue weighted by atomic mass is 35.5. The number of anilines is 1. The van der Waals surface area contributed by atoms with Gasteiger partial charge in [-0.3, -0.25) is 10.4 Å². The van der Waals surface area contributed by atoms with Crippen LogP contribution in [0.1, 0.15) is 18.1 Å². The van der Waals surface area contributed by atoms with E-state index in [2.05, 4.69) is 20.8 Å². The van der Waals surface area contributed by atoms with Crippen LogP contribution in [0.15, 0.2) is 47.8 Å². The van der Waals surface area contributed by atoms with E-state index in [1.54, 1.807) is 31.5 Å². The zero-order valence-electron chi connectivity index (χ0n) is 12.4. The van der Waals surface area contributed by atoms with Crippen molar-refractivity contribution in [2.45, 2.75) is 13.1 Å². The quantitative estimate of drug-likeness (QED) is 0.474. The van der Waals surface area contributed by atoms with Crippen LogP contribution in [0, 0.1) is 0 Å². The van der Waals surface area contributed by atoms with Gasteiger partial charge in [-0.1, -0.05) is 11.6 Å². The minimum atomic E-state index is -4.47. The third-order valence-corrected chi connectivity index (χ3v) is 3.49. The number of halogens is 4. The Morgan fingerprint density at radius 1 is 1.21 bits per heavy atom. The summed E-state index contributed by atoms with van der Waals surface area (Å²) in [4.78, 5) is 3.90. The number of hydrogen-bond donors (Lipinski definition) is 2. The molecule has 0 radical (unpaired) electrons. The molecule has 0 bridgehead atoms. The summed E-state index contributed by atoms with van der Waals surface area (Å²) in [7, 11) is 0. The lowest BCUT2D eigenvalue weighted by Crippen LogP contribution is -2.25. The average molecular weight is 373 g/mol. The predicted molar refractivity (Wildman–Crippen MR) is 92.3 cm³/mol. The lowest BCUT2D eigenvalue weighted by atomic mass is 10.2. The van der Waals surface area contributed by atoms with E-state index in [1.165, 1.54) is 0 Å². The monoisotopic (exact) mass is 372 g/mol. The fourth-order valence-corrected chi connectivity index (χ4v) is 2.06. The van der Waals surface area contributed by atoms with E-state index in [1.807, 2.05) is 0 Å². The standard InChI is InChI=1S/C15H12ClF3N4S/c1-9(10-4-6-20-7-5-10)22-23-14(24)21-13-8-11(15(17,18)19)2-3-12(13)16/h2-8H,1H3,(H2,21,23,24)/b22-9-. The van der Waals surface area contributed by atoms with Crippen LogP contribution in [0.2, 0.25) is 5.02 Å². The molecule has 1 aromatic carbocycles. The van der Waals surface area contributed by atoms with Gasteiger partial charge in [0.25, 0.3) is 0 Å². The second-order valence-electron chi connectivity index (χ2n) is 4.69. The molecular formula is C15H12ClF3N4S. The van der Waals surface area contributed by atoms with Crippen LogP contribution in [0.25, 0.3) is 0 Å². The highest BCUT2D eigenvalue weighted by molar-refractivity contribution is 7.80. The third kappa shape index (κ3) is 4.90. The number of alkyl halides is 3. The lowest BCUT2D eigenvalue weighted by molar-refractivity contribution is -0.137. The largest absolute Gasteiger partial charge is 0.416 e. The molecule has 2 aromatic rings. The van der Waals surface area contributed by atoms with Crippen molar-refractivity contribution in [1.29, 1.82) is 0 Å². The van der Waals surface area contributed by atoms with Crippen LogP contribution in [-0.4, -0.2) is 15.8 Å². The van der Waals surface area contributed by atoms with Crippen molar-refractivity contribution >= 4 is 40.3 Å². The van der Waals surface area contributed by atoms with Crippen molar-refractivity contribution in [2.24, 2.45) is 5.10 Å². The Bertz CT molecular complexity index is 763. The molecule has 0 atom stereocenters. The SMILES string of the molecule is C/C(=N/NC(=S)Nc1cc(C(F)(F)F)ccc1Cl)c1ccncc1. The zero-order chi connectivity index (χ0) is 17.7. The summed E-state index contributed by atoms with van der Waals surface area (Å²) in [5, 5.41) is 6.79. The highest BCUT2D eigenvalue weighted by Crippen LogP contribution is 2.33. The molecule has 1 heterocycles. The van der Waals surface area contributed by atoms with Gasteiger partial charge in [-0.15, -0.1) is 0 Å². The second kappa shape index (κ2) is 7.59. The van der Waals surface area contributed by atoms with Gasteiger partial charge in [-0.25, -0.2) is 0 Å². The Labute approximate surface area is 146 Å². The fraction of sp³-hybridized carbons (Fsp3) is 0.133. The molecule has 0 amide bonds. The Kier molecular flexibility index (Phi) is 5.74.